The molecule has 2 rings (SSSR count). The van der Waals surface area contributed by atoms with Crippen molar-refractivity contribution >= 4 is 11.6 Å². The second-order valence-electron chi connectivity index (χ2n) is 4.20. The predicted octanol–water partition coefficient (Wildman–Crippen LogP) is 2.13. The molecule has 0 atom stereocenters. The lowest BCUT2D eigenvalue weighted by atomic mass is 10.1. The minimum atomic E-state index is -0.217. The Bertz CT molecular complexity index is 747. The monoisotopic (exact) mass is 289 g/mol. The zero-order valence-corrected chi connectivity index (χ0v) is 11.8. The number of methoxy groups -OCH3 is 1. The lowest BCUT2D eigenvalue weighted by molar-refractivity contribution is 0.412. The van der Waals surface area contributed by atoms with Crippen molar-refractivity contribution in [2.45, 2.75) is 13.5 Å². The van der Waals surface area contributed by atoms with Gasteiger partial charge in [0.15, 0.2) is 0 Å². The average molecular weight is 290 g/mol. The van der Waals surface area contributed by atoms with Crippen LogP contribution >= 0.6 is 11.6 Å². The number of hydrogen-bond acceptors (Lipinski definition) is 4. The van der Waals surface area contributed by atoms with Crippen LogP contribution in [0.2, 0.25) is 5.15 Å². The van der Waals surface area contributed by atoms with Crippen LogP contribution in [0.15, 0.2) is 29.1 Å². The average Bonchev–Trinajstić information content (AvgIpc) is 2.42. The molecule has 0 fully saturated rings. The minimum absolute atomic E-state index is 0.182. The van der Waals surface area contributed by atoms with Gasteiger partial charge in [0.25, 0.3) is 5.56 Å². The molecule has 0 saturated heterocycles. The molecule has 0 aliphatic rings. The molecule has 102 valence electrons. The lowest BCUT2D eigenvalue weighted by Crippen LogP contribution is -2.23. The third-order valence-corrected chi connectivity index (χ3v) is 3.09. The van der Waals surface area contributed by atoms with E-state index < -0.39 is 0 Å². The maximum Gasteiger partial charge on any atom is 0.255 e. The quantitative estimate of drug-likeness (QED) is 0.812. The molecular weight excluding hydrogens is 278 g/mol. The second kappa shape index (κ2) is 5.76. The summed E-state index contributed by atoms with van der Waals surface area (Å²) in [6, 6.07) is 8.50. The highest BCUT2D eigenvalue weighted by molar-refractivity contribution is 6.29. The summed E-state index contributed by atoms with van der Waals surface area (Å²) >= 11 is 5.73. The van der Waals surface area contributed by atoms with Gasteiger partial charge in [-0.25, -0.2) is 4.98 Å². The van der Waals surface area contributed by atoms with Crippen LogP contribution in [0.5, 0.6) is 5.75 Å². The van der Waals surface area contributed by atoms with Gasteiger partial charge in [-0.1, -0.05) is 17.7 Å². The van der Waals surface area contributed by atoms with Crippen molar-refractivity contribution in [2.24, 2.45) is 0 Å². The smallest absolute Gasteiger partial charge is 0.255 e. The number of rotatable bonds is 3. The Morgan fingerprint density at radius 3 is 2.80 bits per heavy atom. The first-order valence-electron chi connectivity index (χ1n) is 5.86. The Hall–Kier alpha value is -2.32. The van der Waals surface area contributed by atoms with Crippen molar-refractivity contribution in [1.82, 2.24) is 9.55 Å². The lowest BCUT2D eigenvalue weighted by Gasteiger charge is -2.10. The topological polar surface area (TPSA) is 67.9 Å². The first-order valence-corrected chi connectivity index (χ1v) is 6.24. The van der Waals surface area contributed by atoms with E-state index in [1.54, 1.807) is 25.1 Å². The summed E-state index contributed by atoms with van der Waals surface area (Å²) in [6.07, 6.45) is 0. The van der Waals surface area contributed by atoms with E-state index in [-0.39, 0.29) is 10.7 Å². The summed E-state index contributed by atoms with van der Waals surface area (Å²) in [5, 5.41) is 9.12. The maximum atomic E-state index is 11.9. The Balaban J connectivity index is 2.41. The van der Waals surface area contributed by atoms with Crippen LogP contribution in [0, 0.1) is 18.3 Å². The fourth-order valence-corrected chi connectivity index (χ4v) is 2.10. The third-order valence-electron chi connectivity index (χ3n) is 2.89. The van der Waals surface area contributed by atoms with Crippen LogP contribution in [0.4, 0.5) is 0 Å². The van der Waals surface area contributed by atoms with E-state index in [1.165, 1.54) is 17.7 Å². The number of nitrogens with zero attached hydrogens (tertiary/aromatic N) is 3. The Morgan fingerprint density at radius 1 is 1.45 bits per heavy atom. The van der Waals surface area contributed by atoms with Gasteiger partial charge in [0.05, 0.1) is 19.2 Å². The zero-order chi connectivity index (χ0) is 14.7. The molecule has 0 bridgehead atoms. The van der Waals surface area contributed by atoms with Crippen molar-refractivity contribution in [3.63, 3.8) is 0 Å². The van der Waals surface area contributed by atoms with Crippen LogP contribution in [0.1, 0.15) is 17.0 Å². The number of hydrogen-bond donors (Lipinski definition) is 0. The van der Waals surface area contributed by atoms with Gasteiger partial charge in [-0.15, -0.1) is 0 Å². The van der Waals surface area contributed by atoms with Crippen molar-refractivity contribution in [3.8, 4) is 11.8 Å². The van der Waals surface area contributed by atoms with Crippen LogP contribution in [-0.2, 0) is 6.54 Å². The molecule has 5 nitrogen and oxygen atoms in total. The summed E-state index contributed by atoms with van der Waals surface area (Å²) in [5.74, 6) is 1.02. The number of nitriles is 1. The van der Waals surface area contributed by atoms with E-state index in [2.05, 4.69) is 4.98 Å². The van der Waals surface area contributed by atoms with Gasteiger partial charge in [-0.2, -0.15) is 5.26 Å². The van der Waals surface area contributed by atoms with Crippen molar-refractivity contribution < 1.29 is 4.74 Å². The number of halogens is 1. The zero-order valence-electron chi connectivity index (χ0n) is 11.1. The number of benzene rings is 1. The van der Waals surface area contributed by atoms with Gasteiger partial charge in [0.1, 0.15) is 22.8 Å². The molecule has 0 amide bonds. The summed E-state index contributed by atoms with van der Waals surface area (Å²) in [7, 11) is 1.50. The predicted molar refractivity (Wildman–Crippen MR) is 75.1 cm³/mol. The Kier molecular flexibility index (Phi) is 4.06. The van der Waals surface area contributed by atoms with Crippen molar-refractivity contribution in [2.75, 3.05) is 7.11 Å². The normalized spacial score (nSPS) is 10.1. The molecule has 0 aliphatic heterocycles. The molecule has 6 heteroatoms. The molecule has 1 aromatic heterocycles. The van der Waals surface area contributed by atoms with Crippen LogP contribution in [0.3, 0.4) is 0 Å². The molecule has 0 saturated carbocycles. The highest BCUT2D eigenvalue weighted by Gasteiger charge is 2.08. The van der Waals surface area contributed by atoms with Gasteiger partial charge < -0.3 is 4.74 Å². The van der Waals surface area contributed by atoms with Crippen LogP contribution < -0.4 is 10.3 Å². The summed E-state index contributed by atoms with van der Waals surface area (Å²) < 4.78 is 6.65. The molecular formula is C14H12ClN3O2. The molecule has 0 radical (unpaired) electrons. The fraction of sp³-hybridized carbons (Fsp3) is 0.214. The molecule has 0 spiro atoms. The summed E-state index contributed by atoms with van der Waals surface area (Å²) in [6.45, 7) is 2.06. The number of ether oxygens (including phenoxy) is 1. The van der Waals surface area contributed by atoms with Gasteiger partial charge >= 0.3 is 0 Å². The van der Waals surface area contributed by atoms with Gasteiger partial charge in [0, 0.05) is 6.07 Å². The number of aromatic nitrogens is 2. The molecule has 20 heavy (non-hydrogen) atoms. The van der Waals surface area contributed by atoms with E-state index in [9.17, 15) is 4.79 Å². The molecule has 0 N–H and O–H groups in total. The Morgan fingerprint density at radius 2 is 2.20 bits per heavy atom. The van der Waals surface area contributed by atoms with E-state index in [0.29, 0.717) is 23.7 Å². The standard InChI is InChI=1S/C14H12ClN3O2/c1-9-17-13(15)6-14(19)18(9)8-10-3-4-11(7-16)12(5-10)20-2/h3-6H,8H2,1-2H3. The largest absolute Gasteiger partial charge is 0.495 e. The summed E-state index contributed by atoms with van der Waals surface area (Å²) in [4.78, 5) is 15.9. The van der Waals surface area contributed by atoms with Gasteiger partial charge in [0.2, 0.25) is 0 Å². The first-order chi connectivity index (χ1) is 9.55. The first kappa shape index (κ1) is 14.1. The van der Waals surface area contributed by atoms with E-state index in [4.69, 9.17) is 21.6 Å². The second-order valence-corrected chi connectivity index (χ2v) is 4.58. The molecule has 1 heterocycles. The molecule has 2 aromatic rings. The molecule has 0 unspecified atom stereocenters. The highest BCUT2D eigenvalue weighted by Crippen LogP contribution is 2.19. The molecule has 0 aliphatic carbocycles. The van der Waals surface area contributed by atoms with E-state index in [0.717, 1.165) is 5.56 Å². The maximum absolute atomic E-state index is 11.9. The van der Waals surface area contributed by atoms with Crippen LogP contribution in [-0.4, -0.2) is 16.7 Å². The van der Waals surface area contributed by atoms with Crippen molar-refractivity contribution in [3.05, 3.63) is 56.7 Å². The van der Waals surface area contributed by atoms with Crippen molar-refractivity contribution in [1.29, 1.82) is 5.26 Å². The minimum Gasteiger partial charge on any atom is -0.495 e. The van der Waals surface area contributed by atoms with E-state index >= 15 is 0 Å². The van der Waals surface area contributed by atoms with Gasteiger partial charge in [-0.05, 0) is 24.6 Å². The third kappa shape index (κ3) is 2.81. The Labute approximate surface area is 121 Å². The fourth-order valence-electron chi connectivity index (χ4n) is 1.89. The SMILES string of the molecule is COc1cc(Cn2c(C)nc(Cl)cc2=O)ccc1C#N. The van der Waals surface area contributed by atoms with E-state index in [1.807, 2.05) is 6.07 Å². The number of aryl methyl sites for hydroxylation is 1. The molecule has 1 aromatic carbocycles. The van der Waals surface area contributed by atoms with Crippen LogP contribution in [0.25, 0.3) is 0 Å². The highest BCUT2D eigenvalue weighted by atomic mass is 35.5. The summed E-state index contributed by atoms with van der Waals surface area (Å²) in [5.41, 5.74) is 1.08. The van der Waals surface area contributed by atoms with Gasteiger partial charge in [-0.3, -0.25) is 9.36 Å².